The number of carbonyl (C=O) groups is 1. The molecule has 0 saturated heterocycles. The Labute approximate surface area is 134 Å². The van der Waals surface area contributed by atoms with Crippen molar-refractivity contribution < 1.29 is 9.53 Å². The number of aromatic nitrogens is 2. The third kappa shape index (κ3) is 4.22. The number of ether oxygens (including phenoxy) is 1. The molecule has 0 fully saturated rings. The molecule has 0 aromatic carbocycles. The van der Waals surface area contributed by atoms with Crippen LogP contribution in [-0.2, 0) is 9.53 Å². The number of carbonyl (C=O) groups excluding carboxylic acids is 1. The normalized spacial score (nSPS) is 13.4. The molecule has 0 unspecified atom stereocenters. The van der Waals surface area contributed by atoms with Gasteiger partial charge in [-0.1, -0.05) is 6.08 Å². The summed E-state index contributed by atoms with van der Waals surface area (Å²) in [4.78, 5) is 20.6. The fourth-order valence-electron chi connectivity index (χ4n) is 1.82. The van der Waals surface area contributed by atoms with E-state index in [1.54, 1.807) is 25.4 Å². The molecule has 0 bridgehead atoms. The third-order valence-electron chi connectivity index (χ3n) is 3.06. The first kappa shape index (κ1) is 16.3. The lowest BCUT2D eigenvalue weighted by atomic mass is 10.2. The molecule has 0 spiro atoms. The molecule has 0 aliphatic heterocycles. The molecule has 2 aromatic heterocycles. The first-order chi connectivity index (χ1) is 10.6. The van der Waals surface area contributed by atoms with Crippen molar-refractivity contribution in [3.8, 4) is 11.3 Å². The van der Waals surface area contributed by atoms with Crippen LogP contribution in [0.3, 0.4) is 0 Å². The predicted molar refractivity (Wildman–Crippen MR) is 87.5 cm³/mol. The smallest absolute Gasteiger partial charge is 0.249 e. The molecule has 2 rings (SSSR count). The van der Waals surface area contributed by atoms with Gasteiger partial charge in [0.05, 0.1) is 18.3 Å². The van der Waals surface area contributed by atoms with Crippen LogP contribution in [-0.4, -0.2) is 28.6 Å². The molecule has 2 atom stereocenters. The van der Waals surface area contributed by atoms with Crippen LogP contribution in [0.4, 0.5) is 0 Å². The average Bonchev–Trinajstić information content (AvgIpc) is 3.03. The molecule has 0 aliphatic rings. The van der Waals surface area contributed by atoms with Crippen LogP contribution in [0.5, 0.6) is 0 Å². The average molecular weight is 317 g/mol. The minimum absolute atomic E-state index is 0.157. The van der Waals surface area contributed by atoms with E-state index in [9.17, 15) is 4.79 Å². The predicted octanol–water partition coefficient (Wildman–Crippen LogP) is 2.97. The van der Waals surface area contributed by atoms with Crippen LogP contribution in [0.25, 0.3) is 11.3 Å². The molecule has 6 heteroatoms. The Hall–Kier alpha value is -2.05. The molecule has 1 N–H and O–H groups in total. The van der Waals surface area contributed by atoms with Gasteiger partial charge in [0.25, 0.3) is 0 Å². The second-order valence-electron chi connectivity index (χ2n) is 4.80. The molecule has 0 radical (unpaired) electrons. The number of rotatable bonds is 7. The molecule has 5 nitrogen and oxygen atoms in total. The number of nitrogens with zero attached hydrogens (tertiary/aromatic N) is 2. The Morgan fingerprint density at radius 2 is 2.18 bits per heavy atom. The quantitative estimate of drug-likeness (QED) is 0.797. The van der Waals surface area contributed by atoms with Crippen molar-refractivity contribution in [1.82, 2.24) is 15.3 Å². The molecule has 2 aromatic rings. The van der Waals surface area contributed by atoms with Crippen molar-refractivity contribution >= 4 is 17.2 Å². The number of hydrogen-bond acceptors (Lipinski definition) is 5. The van der Waals surface area contributed by atoms with Gasteiger partial charge in [-0.2, -0.15) is 0 Å². The van der Waals surface area contributed by atoms with Crippen LogP contribution in [0.15, 0.2) is 42.6 Å². The van der Waals surface area contributed by atoms with Crippen LogP contribution in [0.2, 0.25) is 0 Å². The van der Waals surface area contributed by atoms with Gasteiger partial charge in [-0.05, 0) is 26.0 Å². The molecule has 0 saturated carbocycles. The highest BCUT2D eigenvalue weighted by molar-refractivity contribution is 7.10. The van der Waals surface area contributed by atoms with E-state index in [-0.39, 0.29) is 11.9 Å². The number of pyridine rings is 1. The Balaban J connectivity index is 1.99. The lowest BCUT2D eigenvalue weighted by molar-refractivity contribution is -0.131. The zero-order valence-corrected chi connectivity index (χ0v) is 13.5. The Morgan fingerprint density at radius 1 is 1.45 bits per heavy atom. The largest absolute Gasteiger partial charge is 0.365 e. The van der Waals surface area contributed by atoms with Crippen molar-refractivity contribution in [3.63, 3.8) is 0 Å². The topological polar surface area (TPSA) is 64.1 Å². The summed E-state index contributed by atoms with van der Waals surface area (Å²) in [5, 5.41) is 5.74. The highest BCUT2D eigenvalue weighted by atomic mass is 32.1. The molecular weight excluding hydrogens is 298 g/mol. The highest BCUT2D eigenvalue weighted by Crippen LogP contribution is 2.24. The van der Waals surface area contributed by atoms with Gasteiger partial charge in [0.1, 0.15) is 11.1 Å². The summed E-state index contributed by atoms with van der Waals surface area (Å²) >= 11 is 1.52. The van der Waals surface area contributed by atoms with E-state index in [0.29, 0.717) is 6.61 Å². The van der Waals surface area contributed by atoms with Crippen molar-refractivity contribution in [1.29, 1.82) is 0 Å². The minimum Gasteiger partial charge on any atom is -0.365 e. The Kier molecular flexibility index (Phi) is 5.80. The summed E-state index contributed by atoms with van der Waals surface area (Å²) in [6, 6.07) is 3.66. The van der Waals surface area contributed by atoms with Gasteiger partial charge >= 0.3 is 0 Å². The Morgan fingerprint density at radius 3 is 2.86 bits per heavy atom. The zero-order valence-electron chi connectivity index (χ0n) is 12.7. The summed E-state index contributed by atoms with van der Waals surface area (Å²) in [5.74, 6) is -0.157. The van der Waals surface area contributed by atoms with Crippen LogP contribution >= 0.6 is 11.3 Å². The first-order valence-electron chi connectivity index (χ1n) is 7.00. The van der Waals surface area contributed by atoms with Crippen LogP contribution in [0.1, 0.15) is 24.9 Å². The molecule has 0 aliphatic carbocycles. The standard InChI is InChI=1S/C16H19N3O2S/c1-4-9-21-12(3)15(20)18-11(2)16-19-14(10-22-16)13-5-7-17-8-6-13/h4-8,10-12H,1,9H2,2-3H3,(H,18,20)/t11-,12+/m0/s1. The second-order valence-corrected chi connectivity index (χ2v) is 5.69. The van der Waals surface area contributed by atoms with Crippen LogP contribution in [0, 0.1) is 0 Å². The summed E-state index contributed by atoms with van der Waals surface area (Å²) < 4.78 is 5.31. The van der Waals surface area contributed by atoms with Gasteiger partial charge < -0.3 is 10.1 Å². The van der Waals surface area contributed by atoms with E-state index in [4.69, 9.17) is 4.74 Å². The summed E-state index contributed by atoms with van der Waals surface area (Å²) in [5.41, 5.74) is 1.90. The van der Waals surface area contributed by atoms with Crippen molar-refractivity contribution in [2.24, 2.45) is 0 Å². The second kappa shape index (κ2) is 7.82. The molecule has 22 heavy (non-hydrogen) atoms. The number of hydrogen-bond donors (Lipinski definition) is 1. The molecule has 2 heterocycles. The van der Waals surface area contributed by atoms with Crippen molar-refractivity contribution in [2.45, 2.75) is 26.0 Å². The summed E-state index contributed by atoms with van der Waals surface area (Å²) in [6.45, 7) is 7.54. The summed E-state index contributed by atoms with van der Waals surface area (Å²) in [7, 11) is 0. The summed E-state index contributed by atoms with van der Waals surface area (Å²) in [6.07, 6.45) is 4.57. The Bertz CT molecular complexity index is 627. The number of amides is 1. The first-order valence-corrected chi connectivity index (χ1v) is 7.88. The van der Waals surface area contributed by atoms with E-state index >= 15 is 0 Å². The third-order valence-corrected chi connectivity index (χ3v) is 4.09. The highest BCUT2D eigenvalue weighted by Gasteiger charge is 2.18. The molecule has 1 amide bonds. The minimum atomic E-state index is -0.514. The van der Waals surface area contributed by atoms with Gasteiger partial charge in [0.2, 0.25) is 5.91 Å². The van der Waals surface area contributed by atoms with Crippen LogP contribution < -0.4 is 5.32 Å². The molecular formula is C16H19N3O2S. The fraction of sp³-hybridized carbons (Fsp3) is 0.312. The maximum absolute atomic E-state index is 12.0. The van der Waals surface area contributed by atoms with Crippen molar-refractivity contribution in [2.75, 3.05) is 6.61 Å². The lowest BCUT2D eigenvalue weighted by Crippen LogP contribution is -2.36. The SMILES string of the molecule is C=CCO[C@H](C)C(=O)N[C@@H](C)c1nc(-c2ccncc2)cs1. The van der Waals surface area contributed by atoms with Gasteiger partial charge in [-0.15, -0.1) is 17.9 Å². The number of thiazole rings is 1. The monoisotopic (exact) mass is 317 g/mol. The fourth-order valence-corrected chi connectivity index (χ4v) is 2.66. The van der Waals surface area contributed by atoms with Gasteiger partial charge in [0, 0.05) is 23.3 Å². The van der Waals surface area contributed by atoms with Gasteiger partial charge in [-0.25, -0.2) is 4.98 Å². The van der Waals surface area contributed by atoms with Gasteiger partial charge in [-0.3, -0.25) is 9.78 Å². The molecule has 116 valence electrons. The van der Waals surface area contributed by atoms with E-state index in [1.807, 2.05) is 24.4 Å². The van der Waals surface area contributed by atoms with Crippen molar-refractivity contribution in [3.05, 3.63) is 47.6 Å². The lowest BCUT2D eigenvalue weighted by Gasteiger charge is -2.15. The van der Waals surface area contributed by atoms with Gasteiger partial charge in [0.15, 0.2) is 0 Å². The maximum Gasteiger partial charge on any atom is 0.249 e. The zero-order chi connectivity index (χ0) is 15.9. The van der Waals surface area contributed by atoms with E-state index in [0.717, 1.165) is 16.3 Å². The van der Waals surface area contributed by atoms with E-state index < -0.39 is 6.10 Å². The number of nitrogens with one attached hydrogen (secondary N) is 1. The maximum atomic E-state index is 12.0. The van der Waals surface area contributed by atoms with E-state index in [1.165, 1.54) is 11.3 Å². The van der Waals surface area contributed by atoms with E-state index in [2.05, 4.69) is 21.9 Å².